The third kappa shape index (κ3) is 6.48. The molecule has 6 heteroatoms. The summed E-state index contributed by atoms with van der Waals surface area (Å²) in [5.74, 6) is 0.492. The molecule has 130 valence electrons. The van der Waals surface area contributed by atoms with E-state index in [0.717, 1.165) is 30.8 Å². The summed E-state index contributed by atoms with van der Waals surface area (Å²) in [4.78, 5) is 10.4. The molecule has 0 radical (unpaired) electrons. The van der Waals surface area contributed by atoms with Crippen molar-refractivity contribution < 1.29 is 19.4 Å². The molecule has 0 aliphatic rings. The fourth-order valence-electron chi connectivity index (χ4n) is 2.21. The van der Waals surface area contributed by atoms with Gasteiger partial charge >= 0.3 is 5.97 Å². The number of para-hydroxylation sites is 1. The maximum Gasteiger partial charge on any atom is 0.341 e. The number of halogens is 1. The predicted molar refractivity (Wildman–Crippen MR) is 95.2 cm³/mol. The molecule has 0 aliphatic carbocycles. The summed E-state index contributed by atoms with van der Waals surface area (Å²) in [5.41, 5.74) is 2.30. The standard InChI is InChI=1S/C18H21NO4.ClH/c1-22-17-5-3-2-4-15(17)10-11-19-12-14-6-8-16(9-7-14)23-13-18(20)21;/h2-9,19H,10-13H2,1H3,(H,20,21);1H. The first-order valence-corrected chi connectivity index (χ1v) is 7.45. The number of carbonyl (C=O) groups is 1. The number of hydrogen-bond donors (Lipinski definition) is 2. The van der Waals surface area contributed by atoms with Gasteiger partial charge in [0.05, 0.1) is 7.11 Å². The molecule has 2 N–H and O–H groups in total. The van der Waals surface area contributed by atoms with Crippen molar-refractivity contribution in [3.8, 4) is 11.5 Å². The first-order valence-electron chi connectivity index (χ1n) is 7.45. The van der Waals surface area contributed by atoms with E-state index in [1.54, 1.807) is 19.2 Å². The van der Waals surface area contributed by atoms with E-state index in [4.69, 9.17) is 14.6 Å². The molecule has 0 saturated heterocycles. The van der Waals surface area contributed by atoms with Crippen LogP contribution in [0.2, 0.25) is 0 Å². The van der Waals surface area contributed by atoms with Crippen LogP contribution in [-0.2, 0) is 17.8 Å². The number of nitrogens with one attached hydrogen (secondary N) is 1. The van der Waals surface area contributed by atoms with Crippen LogP contribution in [0.4, 0.5) is 0 Å². The molecular weight excluding hydrogens is 330 g/mol. The number of ether oxygens (including phenoxy) is 2. The van der Waals surface area contributed by atoms with E-state index in [2.05, 4.69) is 11.4 Å². The van der Waals surface area contributed by atoms with Crippen LogP contribution in [0.15, 0.2) is 48.5 Å². The van der Waals surface area contributed by atoms with Crippen LogP contribution in [0.5, 0.6) is 11.5 Å². The SMILES string of the molecule is COc1ccccc1CCNCc1ccc(OCC(=O)O)cc1.Cl. The molecular formula is C18H22ClNO4. The van der Waals surface area contributed by atoms with Crippen molar-refractivity contribution in [3.63, 3.8) is 0 Å². The monoisotopic (exact) mass is 351 g/mol. The van der Waals surface area contributed by atoms with Gasteiger partial charge in [-0.25, -0.2) is 4.79 Å². The molecule has 0 unspecified atom stereocenters. The topological polar surface area (TPSA) is 67.8 Å². The van der Waals surface area contributed by atoms with Crippen molar-refractivity contribution in [3.05, 3.63) is 59.7 Å². The van der Waals surface area contributed by atoms with Gasteiger partial charge in [0.2, 0.25) is 0 Å². The lowest BCUT2D eigenvalue weighted by molar-refractivity contribution is -0.139. The highest BCUT2D eigenvalue weighted by Gasteiger charge is 2.02. The molecule has 0 aromatic heterocycles. The van der Waals surface area contributed by atoms with Gasteiger partial charge in [0, 0.05) is 6.54 Å². The normalized spacial score (nSPS) is 9.88. The van der Waals surface area contributed by atoms with Crippen molar-refractivity contribution in [1.29, 1.82) is 0 Å². The number of carboxylic acid groups (broad SMARTS) is 1. The van der Waals surface area contributed by atoms with Gasteiger partial charge < -0.3 is 19.9 Å². The lowest BCUT2D eigenvalue weighted by atomic mass is 10.1. The Morgan fingerprint density at radius 2 is 1.83 bits per heavy atom. The van der Waals surface area contributed by atoms with Crippen molar-refractivity contribution in [2.45, 2.75) is 13.0 Å². The van der Waals surface area contributed by atoms with E-state index in [0.29, 0.717) is 5.75 Å². The fourth-order valence-corrected chi connectivity index (χ4v) is 2.21. The van der Waals surface area contributed by atoms with E-state index < -0.39 is 5.97 Å². The van der Waals surface area contributed by atoms with E-state index >= 15 is 0 Å². The summed E-state index contributed by atoms with van der Waals surface area (Å²) in [6.07, 6.45) is 0.893. The number of methoxy groups -OCH3 is 1. The molecule has 2 rings (SSSR count). The van der Waals surface area contributed by atoms with Gasteiger partial charge in [0.1, 0.15) is 11.5 Å². The van der Waals surface area contributed by atoms with Gasteiger partial charge in [-0.2, -0.15) is 0 Å². The van der Waals surface area contributed by atoms with Gasteiger partial charge in [0.15, 0.2) is 6.61 Å². The third-order valence-electron chi connectivity index (χ3n) is 3.38. The number of carboxylic acids is 1. The quantitative estimate of drug-likeness (QED) is 0.680. The Morgan fingerprint density at radius 3 is 2.50 bits per heavy atom. The Labute approximate surface area is 148 Å². The molecule has 0 heterocycles. The molecule has 0 atom stereocenters. The van der Waals surface area contributed by atoms with E-state index in [1.165, 1.54) is 5.56 Å². The molecule has 0 bridgehead atoms. The van der Waals surface area contributed by atoms with Crippen LogP contribution in [-0.4, -0.2) is 31.3 Å². The van der Waals surface area contributed by atoms with E-state index in [9.17, 15) is 4.79 Å². The first-order chi connectivity index (χ1) is 11.2. The Bertz CT molecular complexity index is 631. The largest absolute Gasteiger partial charge is 0.496 e. The zero-order valence-electron chi connectivity index (χ0n) is 13.5. The smallest absolute Gasteiger partial charge is 0.341 e. The van der Waals surface area contributed by atoms with Crippen molar-refractivity contribution in [2.24, 2.45) is 0 Å². The zero-order valence-corrected chi connectivity index (χ0v) is 14.3. The van der Waals surface area contributed by atoms with Crippen molar-refractivity contribution >= 4 is 18.4 Å². The van der Waals surface area contributed by atoms with Gasteiger partial charge in [0.25, 0.3) is 0 Å². The Hall–Kier alpha value is -2.24. The third-order valence-corrected chi connectivity index (χ3v) is 3.38. The molecule has 24 heavy (non-hydrogen) atoms. The maximum atomic E-state index is 10.4. The zero-order chi connectivity index (χ0) is 16.5. The molecule has 0 aliphatic heterocycles. The predicted octanol–water partition coefficient (Wildman–Crippen LogP) is 2.91. The van der Waals surface area contributed by atoms with Crippen LogP contribution in [0.25, 0.3) is 0 Å². The van der Waals surface area contributed by atoms with Crippen LogP contribution in [0.3, 0.4) is 0 Å². The molecule has 0 fully saturated rings. The average molecular weight is 352 g/mol. The number of benzene rings is 2. The second-order valence-electron chi connectivity index (χ2n) is 5.06. The Balaban J connectivity index is 0.00000288. The molecule has 2 aromatic rings. The van der Waals surface area contributed by atoms with Gasteiger partial charge in [-0.05, 0) is 42.3 Å². The molecule has 0 spiro atoms. The van der Waals surface area contributed by atoms with Crippen LogP contribution in [0, 0.1) is 0 Å². The highest BCUT2D eigenvalue weighted by molar-refractivity contribution is 5.85. The first kappa shape index (κ1) is 19.8. The number of hydrogen-bond acceptors (Lipinski definition) is 4. The maximum absolute atomic E-state index is 10.4. The Kier molecular flexibility index (Phi) is 8.68. The second kappa shape index (κ2) is 10.5. The lowest BCUT2D eigenvalue weighted by Crippen LogP contribution is -2.17. The van der Waals surface area contributed by atoms with Gasteiger partial charge in [-0.15, -0.1) is 12.4 Å². The summed E-state index contributed by atoms with van der Waals surface area (Å²) in [6, 6.07) is 15.4. The van der Waals surface area contributed by atoms with Crippen LogP contribution >= 0.6 is 12.4 Å². The minimum atomic E-state index is -0.980. The highest BCUT2D eigenvalue weighted by atomic mass is 35.5. The highest BCUT2D eigenvalue weighted by Crippen LogP contribution is 2.17. The summed E-state index contributed by atoms with van der Waals surface area (Å²) in [6.45, 7) is 1.27. The number of aliphatic carboxylic acids is 1. The fraction of sp³-hybridized carbons (Fsp3) is 0.278. The van der Waals surface area contributed by atoms with Gasteiger partial charge in [-0.3, -0.25) is 0 Å². The Morgan fingerprint density at radius 1 is 1.12 bits per heavy atom. The second-order valence-corrected chi connectivity index (χ2v) is 5.06. The van der Waals surface area contributed by atoms with Crippen molar-refractivity contribution in [1.82, 2.24) is 5.32 Å². The lowest BCUT2D eigenvalue weighted by Gasteiger charge is -2.09. The molecule has 0 saturated carbocycles. The summed E-state index contributed by atoms with van der Waals surface area (Å²) >= 11 is 0. The number of rotatable bonds is 9. The van der Waals surface area contributed by atoms with Crippen molar-refractivity contribution in [2.75, 3.05) is 20.3 Å². The van der Waals surface area contributed by atoms with E-state index in [1.807, 2.05) is 30.3 Å². The van der Waals surface area contributed by atoms with Gasteiger partial charge in [-0.1, -0.05) is 30.3 Å². The van der Waals surface area contributed by atoms with Crippen LogP contribution < -0.4 is 14.8 Å². The average Bonchev–Trinajstić information content (AvgIpc) is 2.58. The summed E-state index contributed by atoms with van der Waals surface area (Å²) < 4.78 is 10.4. The summed E-state index contributed by atoms with van der Waals surface area (Å²) in [7, 11) is 1.68. The van der Waals surface area contributed by atoms with E-state index in [-0.39, 0.29) is 19.0 Å². The molecule has 5 nitrogen and oxygen atoms in total. The molecule has 0 amide bonds. The molecule has 2 aromatic carbocycles. The summed E-state index contributed by atoms with van der Waals surface area (Å²) in [5, 5.41) is 11.9. The minimum absolute atomic E-state index is 0. The van der Waals surface area contributed by atoms with Crippen LogP contribution in [0.1, 0.15) is 11.1 Å². The minimum Gasteiger partial charge on any atom is -0.496 e.